The van der Waals surface area contributed by atoms with E-state index in [4.69, 9.17) is 46.4 Å². The van der Waals surface area contributed by atoms with Crippen molar-refractivity contribution in [2.24, 2.45) is 0 Å². The third-order valence-corrected chi connectivity index (χ3v) is 9.36. The first kappa shape index (κ1) is 29.3. The van der Waals surface area contributed by atoms with Gasteiger partial charge in [-0.15, -0.1) is 0 Å². The second-order valence-electron chi connectivity index (χ2n) is 8.58. The van der Waals surface area contributed by atoms with Crippen LogP contribution in [0.25, 0.3) is 12.2 Å². The molecule has 0 saturated heterocycles. The molecule has 4 aromatic rings. The molecule has 0 heterocycles. The lowest BCUT2D eigenvalue weighted by Crippen LogP contribution is -2.19. The van der Waals surface area contributed by atoms with Crippen LogP contribution < -0.4 is 0 Å². The maximum absolute atomic E-state index is 14.4. The molecule has 0 radical (unpaired) electrons. The summed E-state index contributed by atoms with van der Waals surface area (Å²) < 4.78 is 55.9. The number of halogens is 6. The molecule has 2 atom stereocenters. The molecule has 39 heavy (non-hydrogen) atoms. The SMILES string of the molecule is O=S(=O)(C(/C=C/c1ccc(F)cc1Cl)c1ccc(Cl)cc1)C(/C=C/c1ccc(F)cc1Cl)c1ccc(Cl)cc1. The topological polar surface area (TPSA) is 34.1 Å². The predicted octanol–water partition coefficient (Wildman–Crippen LogP) is 10.2. The van der Waals surface area contributed by atoms with Gasteiger partial charge in [0.05, 0.1) is 10.0 Å². The van der Waals surface area contributed by atoms with Crippen LogP contribution in [-0.2, 0) is 9.84 Å². The second-order valence-corrected chi connectivity index (χ2v) is 12.5. The summed E-state index contributed by atoms with van der Waals surface area (Å²) in [5, 5.41) is -1.13. The lowest BCUT2D eigenvalue weighted by Gasteiger charge is -2.22. The van der Waals surface area contributed by atoms with Gasteiger partial charge in [-0.2, -0.15) is 0 Å². The van der Waals surface area contributed by atoms with Crippen LogP contribution in [0.1, 0.15) is 32.8 Å². The fourth-order valence-electron chi connectivity index (χ4n) is 3.94. The van der Waals surface area contributed by atoms with E-state index in [2.05, 4.69) is 0 Å². The first-order chi connectivity index (χ1) is 18.5. The molecule has 2 unspecified atom stereocenters. The molecule has 9 heteroatoms. The van der Waals surface area contributed by atoms with E-state index in [9.17, 15) is 17.2 Å². The highest BCUT2D eigenvalue weighted by Crippen LogP contribution is 2.38. The molecule has 0 aliphatic rings. The van der Waals surface area contributed by atoms with E-state index in [1.807, 2.05) is 0 Å². The van der Waals surface area contributed by atoms with Crippen molar-refractivity contribution in [3.8, 4) is 0 Å². The van der Waals surface area contributed by atoms with Crippen molar-refractivity contribution in [3.63, 3.8) is 0 Å². The average molecular weight is 624 g/mol. The monoisotopic (exact) mass is 622 g/mol. The van der Waals surface area contributed by atoms with E-state index >= 15 is 0 Å². The lowest BCUT2D eigenvalue weighted by molar-refractivity contribution is 0.584. The number of hydrogen-bond donors (Lipinski definition) is 0. The van der Waals surface area contributed by atoms with Gasteiger partial charge in [0.25, 0.3) is 0 Å². The van der Waals surface area contributed by atoms with E-state index in [0.29, 0.717) is 32.3 Å². The van der Waals surface area contributed by atoms with E-state index < -0.39 is 32.0 Å². The van der Waals surface area contributed by atoms with Gasteiger partial charge >= 0.3 is 0 Å². The smallest absolute Gasteiger partial charge is 0.171 e. The number of benzene rings is 4. The summed E-state index contributed by atoms with van der Waals surface area (Å²) in [4.78, 5) is 0. The zero-order valence-corrected chi connectivity index (χ0v) is 23.9. The van der Waals surface area contributed by atoms with Crippen molar-refractivity contribution in [1.29, 1.82) is 0 Å². The molecule has 4 rings (SSSR count). The standard InChI is InChI=1S/C30H20Cl4F2O2S/c31-23-9-1-21(2-10-23)29(15-7-19-5-13-25(35)17-27(19)33)39(37,38)30(22-3-11-24(32)12-4-22)16-8-20-6-14-26(36)18-28(20)34/h1-18,29-30H/b15-7+,16-8+. The number of hydrogen-bond acceptors (Lipinski definition) is 2. The molecule has 4 aromatic carbocycles. The van der Waals surface area contributed by atoms with Gasteiger partial charge in [0.15, 0.2) is 9.84 Å². The number of rotatable bonds is 8. The molecule has 0 spiro atoms. The van der Waals surface area contributed by atoms with Crippen LogP contribution in [0.2, 0.25) is 20.1 Å². The highest BCUT2D eigenvalue weighted by atomic mass is 35.5. The molecule has 0 fully saturated rings. The van der Waals surface area contributed by atoms with Crippen molar-refractivity contribution in [2.75, 3.05) is 0 Å². The maximum Gasteiger partial charge on any atom is 0.171 e. The predicted molar refractivity (Wildman–Crippen MR) is 158 cm³/mol. The van der Waals surface area contributed by atoms with Gasteiger partial charge in [-0.05, 0) is 70.8 Å². The van der Waals surface area contributed by atoms with E-state index in [1.54, 1.807) is 48.5 Å². The van der Waals surface area contributed by atoms with Crippen LogP contribution in [0.5, 0.6) is 0 Å². The first-order valence-electron chi connectivity index (χ1n) is 11.5. The highest BCUT2D eigenvalue weighted by molar-refractivity contribution is 7.92. The Bertz CT molecular complexity index is 1520. The summed E-state index contributed by atoms with van der Waals surface area (Å²) >= 11 is 24.5. The molecule has 0 N–H and O–H groups in total. The van der Waals surface area contributed by atoms with Crippen molar-refractivity contribution in [3.05, 3.63) is 151 Å². The number of sulfone groups is 1. The van der Waals surface area contributed by atoms with Gasteiger partial charge in [0.1, 0.15) is 22.1 Å². The molecule has 0 amide bonds. The highest BCUT2D eigenvalue weighted by Gasteiger charge is 2.33. The summed E-state index contributed by atoms with van der Waals surface area (Å²) in [5.74, 6) is -1.02. The van der Waals surface area contributed by atoms with Gasteiger partial charge in [-0.25, -0.2) is 17.2 Å². The minimum atomic E-state index is -4.07. The van der Waals surface area contributed by atoms with Crippen molar-refractivity contribution in [2.45, 2.75) is 10.5 Å². The van der Waals surface area contributed by atoms with Crippen molar-refractivity contribution >= 4 is 68.4 Å². The van der Waals surface area contributed by atoms with Crippen molar-refractivity contribution in [1.82, 2.24) is 0 Å². The van der Waals surface area contributed by atoms with Crippen LogP contribution in [0.3, 0.4) is 0 Å². The molecule has 200 valence electrons. The maximum atomic E-state index is 14.4. The molecule has 0 aliphatic heterocycles. The van der Waals surface area contributed by atoms with Crippen LogP contribution in [-0.4, -0.2) is 8.42 Å². The van der Waals surface area contributed by atoms with E-state index in [-0.39, 0.29) is 10.0 Å². The Hall–Kier alpha value is -2.67. The first-order valence-corrected chi connectivity index (χ1v) is 14.7. The zero-order chi connectivity index (χ0) is 28.2. The van der Waals surface area contributed by atoms with Crippen LogP contribution in [0.4, 0.5) is 8.78 Å². The molecule has 0 bridgehead atoms. The lowest BCUT2D eigenvalue weighted by atomic mass is 10.1. The summed E-state index contributed by atoms with van der Waals surface area (Å²) in [5.41, 5.74) is 1.81. The van der Waals surface area contributed by atoms with Crippen molar-refractivity contribution < 1.29 is 17.2 Å². The van der Waals surface area contributed by atoms with E-state index in [0.717, 1.165) is 12.1 Å². The van der Waals surface area contributed by atoms with Crippen LogP contribution in [0.15, 0.2) is 97.1 Å². The Labute approximate surface area is 246 Å². The summed E-state index contributed by atoms with van der Waals surface area (Å²) in [6.07, 6.45) is 6.08. The average Bonchev–Trinajstić information content (AvgIpc) is 2.88. The fourth-order valence-corrected chi connectivity index (χ4v) is 6.64. The molecule has 0 aromatic heterocycles. The Morgan fingerprint density at radius 2 is 0.923 bits per heavy atom. The largest absolute Gasteiger partial charge is 0.227 e. The van der Waals surface area contributed by atoms with Gasteiger partial charge in [-0.1, -0.05) is 107 Å². The second kappa shape index (κ2) is 12.7. The molecule has 0 saturated carbocycles. The van der Waals surface area contributed by atoms with Gasteiger partial charge < -0.3 is 0 Å². The molecular weight excluding hydrogens is 604 g/mol. The van der Waals surface area contributed by atoms with Crippen LogP contribution >= 0.6 is 46.4 Å². The molecule has 0 aliphatic carbocycles. The summed E-state index contributed by atoms with van der Waals surface area (Å²) in [6, 6.07) is 20.6. The third-order valence-electron chi connectivity index (χ3n) is 5.93. The van der Waals surface area contributed by atoms with Gasteiger partial charge in [0.2, 0.25) is 0 Å². The van der Waals surface area contributed by atoms with Crippen LogP contribution in [0, 0.1) is 11.6 Å². The minimum Gasteiger partial charge on any atom is -0.227 e. The Balaban J connectivity index is 1.85. The van der Waals surface area contributed by atoms with Gasteiger partial charge in [-0.3, -0.25) is 0 Å². The Kier molecular flexibility index (Phi) is 9.52. The third kappa shape index (κ3) is 7.30. The Morgan fingerprint density at radius 3 is 1.26 bits per heavy atom. The minimum absolute atomic E-state index is 0.138. The van der Waals surface area contributed by atoms with E-state index in [1.165, 1.54) is 48.6 Å². The fraction of sp³-hybridized carbons (Fsp3) is 0.0667. The van der Waals surface area contributed by atoms with Gasteiger partial charge in [0, 0.05) is 10.0 Å². The quantitative estimate of drug-likeness (QED) is 0.196. The molecule has 2 nitrogen and oxygen atoms in total. The summed E-state index contributed by atoms with van der Waals surface area (Å²) in [6.45, 7) is 0. The summed E-state index contributed by atoms with van der Waals surface area (Å²) in [7, 11) is -4.07. The Morgan fingerprint density at radius 1 is 0.564 bits per heavy atom. The zero-order valence-electron chi connectivity index (χ0n) is 20.0. The molecular formula is C30H20Cl4F2O2S. The normalized spacial score (nSPS) is 13.7.